The lowest BCUT2D eigenvalue weighted by atomic mass is 10.1. The molecule has 0 spiro atoms. The fourth-order valence-electron chi connectivity index (χ4n) is 3.11. The number of nitrogens with zero attached hydrogens (tertiary/aromatic N) is 4. The fourth-order valence-corrected chi connectivity index (χ4v) is 4.11. The van der Waals surface area contributed by atoms with E-state index in [1.807, 2.05) is 66.2 Å². The molecular weight excluding hydrogens is 392 g/mol. The van der Waals surface area contributed by atoms with Gasteiger partial charge in [-0.3, -0.25) is 9.36 Å². The summed E-state index contributed by atoms with van der Waals surface area (Å²) in [7, 11) is 0. The van der Waals surface area contributed by atoms with Crippen LogP contribution in [0.25, 0.3) is 5.69 Å². The molecule has 0 unspecified atom stereocenters. The molecule has 4 rings (SSSR count). The summed E-state index contributed by atoms with van der Waals surface area (Å²) < 4.78 is 1.96. The van der Waals surface area contributed by atoms with Gasteiger partial charge in [0.05, 0.1) is 23.7 Å². The number of hydrogen-bond donors (Lipinski definition) is 0. The minimum atomic E-state index is -0.0201. The Hall–Kier alpha value is -2.57. The second-order valence-corrected chi connectivity index (χ2v) is 7.78. The van der Waals surface area contributed by atoms with Crippen LogP contribution >= 0.6 is 23.4 Å². The van der Waals surface area contributed by atoms with E-state index in [4.69, 9.17) is 11.6 Å². The van der Waals surface area contributed by atoms with Gasteiger partial charge < -0.3 is 0 Å². The molecule has 0 saturated heterocycles. The Morgan fingerprint density at radius 2 is 2.00 bits per heavy atom. The first-order chi connectivity index (χ1) is 13.6. The quantitative estimate of drug-likeness (QED) is 0.579. The molecule has 3 aromatic rings. The fraction of sp³-hybridized carbons (Fsp3) is 0.190. The van der Waals surface area contributed by atoms with E-state index in [1.165, 1.54) is 11.8 Å². The Kier molecular flexibility index (Phi) is 5.50. The maximum absolute atomic E-state index is 12.6. The van der Waals surface area contributed by atoms with Crippen molar-refractivity contribution in [3.05, 3.63) is 77.1 Å². The number of carbonyl (C=O) groups is 1. The van der Waals surface area contributed by atoms with Crippen molar-refractivity contribution in [3.63, 3.8) is 0 Å². The molecule has 7 heteroatoms. The second kappa shape index (κ2) is 8.20. The van der Waals surface area contributed by atoms with Crippen LogP contribution in [0.15, 0.2) is 71.2 Å². The Labute approximate surface area is 173 Å². The molecule has 1 aliphatic heterocycles. The van der Waals surface area contributed by atoms with Crippen LogP contribution in [-0.4, -0.2) is 38.5 Å². The lowest BCUT2D eigenvalue weighted by molar-refractivity contribution is -0.127. The highest BCUT2D eigenvalue weighted by Crippen LogP contribution is 2.27. The predicted molar refractivity (Wildman–Crippen MR) is 113 cm³/mol. The van der Waals surface area contributed by atoms with Crippen LogP contribution in [0.5, 0.6) is 0 Å². The van der Waals surface area contributed by atoms with E-state index in [-0.39, 0.29) is 11.7 Å². The summed E-state index contributed by atoms with van der Waals surface area (Å²) in [4.78, 5) is 17.0. The van der Waals surface area contributed by atoms with Gasteiger partial charge in [-0.25, -0.2) is 9.99 Å². The molecule has 0 saturated carbocycles. The van der Waals surface area contributed by atoms with E-state index in [0.717, 1.165) is 34.1 Å². The third-order valence-electron chi connectivity index (χ3n) is 4.63. The van der Waals surface area contributed by atoms with Crippen molar-refractivity contribution in [2.24, 2.45) is 5.10 Å². The predicted octanol–water partition coefficient (Wildman–Crippen LogP) is 4.56. The molecule has 5 nitrogen and oxygen atoms in total. The van der Waals surface area contributed by atoms with Crippen LogP contribution in [0.2, 0.25) is 5.02 Å². The van der Waals surface area contributed by atoms with Gasteiger partial charge in [0.25, 0.3) is 5.91 Å². The number of benzene rings is 2. The summed E-state index contributed by atoms with van der Waals surface area (Å²) in [6.07, 6.45) is 4.39. The van der Waals surface area contributed by atoms with Gasteiger partial charge in [0.15, 0.2) is 5.16 Å². The highest BCUT2D eigenvalue weighted by Gasteiger charge is 2.22. The third kappa shape index (κ3) is 3.84. The van der Waals surface area contributed by atoms with Gasteiger partial charge in [-0.2, -0.15) is 5.10 Å². The van der Waals surface area contributed by atoms with Crippen LogP contribution < -0.4 is 0 Å². The zero-order chi connectivity index (χ0) is 19.5. The van der Waals surface area contributed by atoms with E-state index in [1.54, 1.807) is 11.2 Å². The van der Waals surface area contributed by atoms with Crippen LogP contribution in [0.1, 0.15) is 17.5 Å². The number of hydrazone groups is 1. The van der Waals surface area contributed by atoms with Gasteiger partial charge in [0, 0.05) is 23.8 Å². The summed E-state index contributed by atoms with van der Waals surface area (Å²) in [5, 5.41) is 7.53. The number of carbonyl (C=O) groups excluding carboxylic acids is 1. The maximum Gasteiger partial charge on any atom is 0.253 e. The molecule has 1 aliphatic rings. The Morgan fingerprint density at radius 1 is 1.18 bits per heavy atom. The summed E-state index contributed by atoms with van der Waals surface area (Å²) in [5.74, 6) is 0.260. The summed E-state index contributed by atoms with van der Waals surface area (Å²) in [5.41, 5.74) is 3.96. The molecule has 2 heterocycles. The number of aromatic nitrogens is 2. The monoisotopic (exact) mass is 410 g/mol. The lowest BCUT2D eigenvalue weighted by Crippen LogP contribution is -2.25. The number of halogens is 1. The smallest absolute Gasteiger partial charge is 0.253 e. The van der Waals surface area contributed by atoms with Gasteiger partial charge in [-0.05, 0) is 30.2 Å². The standard InChI is InChI=1S/C21H19ClN4OS/c1-15-17(22)8-5-9-19(15)25-13-11-23-21(25)28-14-20(27)26-12-10-18(24-26)16-6-3-2-4-7-16/h2-9,11,13H,10,12,14H2,1H3. The van der Waals surface area contributed by atoms with Gasteiger partial charge in [-0.1, -0.05) is 59.8 Å². The van der Waals surface area contributed by atoms with Crippen molar-refractivity contribution in [3.8, 4) is 5.69 Å². The Balaban J connectivity index is 1.45. The van der Waals surface area contributed by atoms with Gasteiger partial charge in [-0.15, -0.1) is 0 Å². The molecule has 0 radical (unpaired) electrons. The molecule has 28 heavy (non-hydrogen) atoms. The second-order valence-electron chi connectivity index (χ2n) is 6.43. The third-order valence-corrected chi connectivity index (χ3v) is 5.99. The average molecular weight is 411 g/mol. The number of amides is 1. The number of rotatable bonds is 5. The highest BCUT2D eigenvalue weighted by molar-refractivity contribution is 7.99. The van der Waals surface area contributed by atoms with Crippen molar-refractivity contribution in [2.45, 2.75) is 18.5 Å². The van der Waals surface area contributed by atoms with Crippen molar-refractivity contribution in [1.82, 2.24) is 14.6 Å². The van der Waals surface area contributed by atoms with Gasteiger partial charge in [0.1, 0.15) is 0 Å². The number of thioether (sulfide) groups is 1. The summed E-state index contributed by atoms with van der Waals surface area (Å²) >= 11 is 7.65. The molecule has 2 aromatic carbocycles. The SMILES string of the molecule is Cc1c(Cl)cccc1-n1ccnc1SCC(=O)N1CCC(c2ccccc2)=N1. The molecule has 1 amide bonds. The normalized spacial score (nSPS) is 13.6. The Morgan fingerprint density at radius 3 is 2.82 bits per heavy atom. The topological polar surface area (TPSA) is 50.5 Å². The van der Waals surface area contributed by atoms with E-state index in [2.05, 4.69) is 10.1 Å². The summed E-state index contributed by atoms with van der Waals surface area (Å²) in [6, 6.07) is 15.7. The first-order valence-electron chi connectivity index (χ1n) is 8.98. The molecule has 0 N–H and O–H groups in total. The van der Waals surface area contributed by atoms with Gasteiger partial charge >= 0.3 is 0 Å². The van der Waals surface area contributed by atoms with Crippen molar-refractivity contribution >= 4 is 35.0 Å². The highest BCUT2D eigenvalue weighted by atomic mass is 35.5. The minimum Gasteiger partial charge on any atom is -0.295 e. The van der Waals surface area contributed by atoms with Crippen molar-refractivity contribution in [1.29, 1.82) is 0 Å². The van der Waals surface area contributed by atoms with E-state index >= 15 is 0 Å². The molecule has 0 aliphatic carbocycles. The first kappa shape index (κ1) is 18.8. The molecule has 142 valence electrons. The van der Waals surface area contributed by atoms with E-state index in [0.29, 0.717) is 11.6 Å². The largest absolute Gasteiger partial charge is 0.295 e. The molecule has 0 atom stereocenters. The average Bonchev–Trinajstić information content (AvgIpc) is 3.39. The van der Waals surface area contributed by atoms with Gasteiger partial charge in [0.2, 0.25) is 0 Å². The van der Waals surface area contributed by atoms with Crippen molar-refractivity contribution in [2.75, 3.05) is 12.3 Å². The molecular formula is C21H19ClN4OS. The van der Waals surface area contributed by atoms with E-state index in [9.17, 15) is 4.79 Å². The summed E-state index contributed by atoms with van der Waals surface area (Å²) in [6.45, 7) is 2.59. The minimum absolute atomic E-state index is 0.0201. The van der Waals surface area contributed by atoms with Crippen LogP contribution in [0.4, 0.5) is 0 Å². The van der Waals surface area contributed by atoms with Crippen LogP contribution in [-0.2, 0) is 4.79 Å². The lowest BCUT2D eigenvalue weighted by Gasteiger charge is -2.13. The Bertz CT molecular complexity index is 1030. The number of imidazole rings is 1. The maximum atomic E-state index is 12.6. The molecule has 0 bridgehead atoms. The molecule has 0 fully saturated rings. The zero-order valence-corrected chi connectivity index (χ0v) is 17.0. The molecule has 1 aromatic heterocycles. The van der Waals surface area contributed by atoms with Crippen LogP contribution in [0, 0.1) is 6.92 Å². The number of hydrogen-bond acceptors (Lipinski definition) is 4. The first-order valence-corrected chi connectivity index (χ1v) is 10.3. The van der Waals surface area contributed by atoms with Crippen LogP contribution in [0.3, 0.4) is 0 Å². The van der Waals surface area contributed by atoms with Crippen molar-refractivity contribution < 1.29 is 4.79 Å². The van der Waals surface area contributed by atoms with E-state index < -0.39 is 0 Å². The zero-order valence-electron chi connectivity index (χ0n) is 15.4.